The molecule has 0 radical (unpaired) electrons. The lowest BCUT2D eigenvalue weighted by atomic mass is 9.81. The average Bonchev–Trinajstić information content (AvgIpc) is 3.10. The van der Waals surface area contributed by atoms with Crippen molar-refractivity contribution in [2.75, 3.05) is 0 Å². The summed E-state index contributed by atoms with van der Waals surface area (Å²) >= 11 is 0. The first kappa shape index (κ1) is 40.2. The van der Waals surface area contributed by atoms with Crippen LogP contribution in [-0.4, -0.2) is 20.4 Å². The molecule has 0 unspecified atom stereocenters. The predicted molar refractivity (Wildman–Crippen MR) is 235 cm³/mol. The van der Waals surface area contributed by atoms with E-state index in [-0.39, 0.29) is 44.7 Å². The first-order valence-electron chi connectivity index (χ1n) is 19.6. The molecule has 4 heteroatoms. The maximum absolute atomic E-state index is 12.0. The molecular formula is C52H58O4. The fourth-order valence-corrected chi connectivity index (χ4v) is 7.15. The van der Waals surface area contributed by atoms with E-state index in [1.165, 1.54) is 0 Å². The van der Waals surface area contributed by atoms with Crippen LogP contribution >= 0.6 is 0 Å². The van der Waals surface area contributed by atoms with Gasteiger partial charge in [0, 0.05) is 33.4 Å². The van der Waals surface area contributed by atoms with Gasteiger partial charge in [-0.05, 0) is 127 Å². The van der Waals surface area contributed by atoms with Gasteiger partial charge in [0.25, 0.3) is 0 Å². The summed E-state index contributed by atoms with van der Waals surface area (Å²) in [5.41, 5.74) is 10.8. The molecule has 0 atom stereocenters. The Morgan fingerprint density at radius 2 is 0.571 bits per heavy atom. The van der Waals surface area contributed by atoms with Crippen molar-refractivity contribution in [3.05, 3.63) is 131 Å². The molecule has 0 aliphatic heterocycles. The molecule has 0 saturated carbocycles. The molecule has 0 spiro atoms. The van der Waals surface area contributed by atoms with E-state index < -0.39 is 0 Å². The van der Waals surface area contributed by atoms with E-state index in [1.54, 1.807) is 12.1 Å². The van der Waals surface area contributed by atoms with Gasteiger partial charge >= 0.3 is 0 Å². The van der Waals surface area contributed by atoms with Crippen LogP contribution in [0.5, 0.6) is 23.0 Å². The summed E-state index contributed by atoms with van der Waals surface area (Å²) in [5.74, 6) is 0.464. The third kappa shape index (κ3) is 8.07. The highest BCUT2D eigenvalue weighted by atomic mass is 16.3. The predicted octanol–water partition coefficient (Wildman–Crippen LogP) is 14.0. The lowest BCUT2D eigenvalue weighted by Gasteiger charge is -2.25. The van der Waals surface area contributed by atoms with E-state index in [2.05, 4.69) is 119 Å². The van der Waals surface area contributed by atoms with E-state index in [9.17, 15) is 20.4 Å². The molecule has 56 heavy (non-hydrogen) atoms. The summed E-state index contributed by atoms with van der Waals surface area (Å²) < 4.78 is 0. The van der Waals surface area contributed by atoms with E-state index in [4.69, 9.17) is 0 Å². The number of hydrogen-bond acceptors (Lipinski definition) is 4. The van der Waals surface area contributed by atoms with Gasteiger partial charge in [-0.1, -0.05) is 132 Å². The summed E-state index contributed by atoms with van der Waals surface area (Å²) in [6.45, 7) is 25.7. The van der Waals surface area contributed by atoms with Crippen LogP contribution in [0.2, 0.25) is 0 Å². The number of rotatable bonds is 5. The maximum atomic E-state index is 12.0. The normalized spacial score (nSPS) is 12.6. The Hall–Kier alpha value is -5.48. The topological polar surface area (TPSA) is 80.9 Å². The van der Waals surface area contributed by atoms with Crippen LogP contribution in [0.1, 0.15) is 105 Å². The van der Waals surface area contributed by atoms with Gasteiger partial charge in [0.2, 0.25) is 0 Å². The molecule has 6 aromatic rings. The molecule has 0 bridgehead atoms. The zero-order valence-electron chi connectivity index (χ0n) is 35.2. The van der Waals surface area contributed by atoms with Gasteiger partial charge < -0.3 is 20.4 Å². The number of aromatic hydroxyl groups is 4. The summed E-state index contributed by atoms with van der Waals surface area (Å²) in [6, 6.07) is 35.7. The molecular weight excluding hydrogens is 689 g/mol. The third-order valence-electron chi connectivity index (χ3n) is 10.9. The lowest BCUT2D eigenvalue weighted by molar-refractivity contribution is 0.468. The molecule has 290 valence electrons. The van der Waals surface area contributed by atoms with Gasteiger partial charge in [0.05, 0.1) is 0 Å². The quantitative estimate of drug-likeness (QED) is 0.142. The van der Waals surface area contributed by atoms with Crippen molar-refractivity contribution >= 4 is 0 Å². The summed E-state index contributed by atoms with van der Waals surface area (Å²) in [7, 11) is 0. The Balaban J connectivity index is 1.50. The molecule has 6 rings (SSSR count). The summed E-state index contributed by atoms with van der Waals surface area (Å²) in [4.78, 5) is 0. The second-order valence-electron chi connectivity index (χ2n) is 19.5. The smallest absolute Gasteiger partial charge is 0.131 e. The van der Waals surface area contributed by atoms with Crippen LogP contribution in [-0.2, 0) is 21.7 Å². The van der Waals surface area contributed by atoms with Gasteiger partial charge in [-0.25, -0.2) is 0 Å². The monoisotopic (exact) mass is 746 g/mol. The fourth-order valence-electron chi connectivity index (χ4n) is 7.15. The van der Waals surface area contributed by atoms with Crippen LogP contribution < -0.4 is 0 Å². The minimum Gasteiger partial charge on any atom is -0.507 e. The maximum Gasteiger partial charge on any atom is 0.131 e. The van der Waals surface area contributed by atoms with Crippen molar-refractivity contribution in [1.82, 2.24) is 0 Å². The van der Waals surface area contributed by atoms with E-state index in [0.29, 0.717) is 33.4 Å². The Morgan fingerprint density at radius 1 is 0.286 bits per heavy atom. The number of phenols is 4. The van der Waals surface area contributed by atoms with Crippen molar-refractivity contribution in [2.24, 2.45) is 0 Å². The van der Waals surface area contributed by atoms with E-state index in [0.717, 1.165) is 44.5 Å². The molecule has 4 N–H and O–H groups in total. The summed E-state index contributed by atoms with van der Waals surface area (Å²) in [5, 5.41) is 46.3. The van der Waals surface area contributed by atoms with Crippen molar-refractivity contribution in [2.45, 2.75) is 105 Å². The van der Waals surface area contributed by atoms with E-state index in [1.807, 2.05) is 60.7 Å². The fraction of sp³-hybridized carbons (Fsp3) is 0.308. The van der Waals surface area contributed by atoms with E-state index >= 15 is 0 Å². The van der Waals surface area contributed by atoms with Crippen molar-refractivity contribution < 1.29 is 20.4 Å². The molecule has 0 aliphatic carbocycles. The van der Waals surface area contributed by atoms with Crippen molar-refractivity contribution in [3.63, 3.8) is 0 Å². The molecule has 4 nitrogen and oxygen atoms in total. The van der Waals surface area contributed by atoms with Gasteiger partial charge in [-0.15, -0.1) is 0 Å². The SMILES string of the molecule is CC(C)(C)c1ccc(O)c(-c2cc(C(C)(C)C)cc(-c3cccc(-c4cccc(-c5cc(C(C)(C)C)cc(-c6cc(C(C)(C)C)ccc6O)c5O)c4)c3)c2O)c1. The zero-order chi connectivity index (χ0) is 41.1. The van der Waals surface area contributed by atoms with Crippen LogP contribution in [0.3, 0.4) is 0 Å². The Morgan fingerprint density at radius 3 is 0.893 bits per heavy atom. The second kappa shape index (κ2) is 14.2. The molecule has 0 amide bonds. The van der Waals surface area contributed by atoms with Gasteiger partial charge in [0.1, 0.15) is 23.0 Å². The van der Waals surface area contributed by atoms with Crippen LogP contribution in [0, 0.1) is 0 Å². The van der Waals surface area contributed by atoms with Crippen LogP contribution in [0.4, 0.5) is 0 Å². The van der Waals surface area contributed by atoms with Gasteiger partial charge in [0.15, 0.2) is 0 Å². The number of benzene rings is 6. The first-order valence-corrected chi connectivity index (χ1v) is 19.6. The highest BCUT2D eigenvalue weighted by Crippen LogP contribution is 2.48. The first-order chi connectivity index (χ1) is 25.9. The van der Waals surface area contributed by atoms with Gasteiger partial charge in [-0.2, -0.15) is 0 Å². The Bertz CT molecular complexity index is 2270. The summed E-state index contributed by atoms with van der Waals surface area (Å²) in [6.07, 6.45) is 0. The molecule has 0 saturated heterocycles. The number of phenolic OH excluding ortho intramolecular Hbond substituents is 4. The third-order valence-corrected chi connectivity index (χ3v) is 10.9. The van der Waals surface area contributed by atoms with Crippen molar-refractivity contribution in [1.29, 1.82) is 0 Å². The molecule has 6 aromatic carbocycles. The largest absolute Gasteiger partial charge is 0.507 e. The molecule has 0 fully saturated rings. The minimum atomic E-state index is -0.228. The van der Waals surface area contributed by atoms with Crippen LogP contribution in [0.25, 0.3) is 55.6 Å². The number of hydrogen-bond donors (Lipinski definition) is 4. The zero-order valence-corrected chi connectivity index (χ0v) is 35.2. The second-order valence-corrected chi connectivity index (χ2v) is 19.5. The molecule has 0 heterocycles. The Labute approximate surface area is 334 Å². The molecule has 0 aliphatic rings. The average molecular weight is 747 g/mol. The van der Waals surface area contributed by atoms with Gasteiger partial charge in [-0.3, -0.25) is 0 Å². The lowest BCUT2D eigenvalue weighted by Crippen LogP contribution is -2.12. The highest BCUT2D eigenvalue weighted by molar-refractivity contribution is 5.89. The Kier molecular flexibility index (Phi) is 10.2. The van der Waals surface area contributed by atoms with Crippen molar-refractivity contribution in [3.8, 4) is 78.6 Å². The minimum absolute atomic E-state index is 0.112. The highest BCUT2D eigenvalue weighted by Gasteiger charge is 2.26. The molecule has 0 aromatic heterocycles. The standard InChI is InChI=1S/C52H58O4/c1-49(2,3)35-19-21-45(53)41(25-35)43-29-37(51(7,8)9)27-39(47(43)55)33-17-13-15-31(23-33)32-16-14-18-34(24-32)40-28-38(52(10,11)12)30-44(48(40)56)42-26-36(50(4,5)6)20-22-46(42)54/h13-30,53-56H,1-12H3. The van der Waals surface area contributed by atoms with Crippen LogP contribution in [0.15, 0.2) is 109 Å².